The molecule has 0 unspecified atom stereocenters. The molecule has 0 bridgehead atoms. The van der Waals surface area contributed by atoms with Gasteiger partial charge in [-0.1, -0.05) is 11.8 Å². The zero-order valence-corrected chi connectivity index (χ0v) is 8.40. The Bertz CT molecular complexity index is 531. The molecule has 0 radical (unpaired) electrons. The highest BCUT2D eigenvalue weighted by Crippen LogP contribution is 2.44. The van der Waals surface area contributed by atoms with Gasteiger partial charge >= 0.3 is 0 Å². The van der Waals surface area contributed by atoms with E-state index in [4.69, 9.17) is 4.74 Å². The fraction of sp³-hybridized carbons (Fsp3) is 0. The van der Waals surface area contributed by atoms with Gasteiger partial charge in [-0.25, -0.2) is 4.98 Å². The van der Waals surface area contributed by atoms with Crippen LogP contribution < -0.4 is 9.47 Å². The fourth-order valence-corrected chi connectivity index (χ4v) is 2.26. The van der Waals surface area contributed by atoms with Gasteiger partial charge in [0.15, 0.2) is 23.9 Å². The van der Waals surface area contributed by atoms with Gasteiger partial charge in [0.25, 0.3) is 0 Å². The van der Waals surface area contributed by atoms with Gasteiger partial charge in [-0.05, 0) is 12.1 Å². The number of hydrogen-bond acceptors (Lipinski definition) is 4. The van der Waals surface area contributed by atoms with E-state index in [1.165, 1.54) is 24.2 Å². The molecule has 5 heteroatoms. The SMILES string of the molecule is [O-][n+]1ccc2c(c1)Sc1ncccc1O2. The molecule has 1 aliphatic heterocycles. The summed E-state index contributed by atoms with van der Waals surface area (Å²) in [5, 5.41) is 11.9. The standard InChI is InChI=1S/C10H6N2O2S/c13-12-5-3-7-9(6-12)15-10-8(14-7)2-1-4-11-10/h1-6H. The van der Waals surface area contributed by atoms with Crippen LogP contribution in [-0.4, -0.2) is 4.98 Å². The summed E-state index contributed by atoms with van der Waals surface area (Å²) >= 11 is 1.44. The molecule has 2 aromatic heterocycles. The van der Waals surface area contributed by atoms with Crippen molar-refractivity contribution in [3.8, 4) is 11.5 Å². The highest BCUT2D eigenvalue weighted by Gasteiger charge is 2.20. The topological polar surface area (TPSA) is 49.1 Å². The van der Waals surface area contributed by atoms with Crippen LogP contribution in [-0.2, 0) is 0 Å². The average Bonchev–Trinajstić information content (AvgIpc) is 2.26. The van der Waals surface area contributed by atoms with Gasteiger partial charge < -0.3 is 9.94 Å². The Balaban J connectivity index is 2.11. The Kier molecular flexibility index (Phi) is 1.78. The molecule has 0 N–H and O–H groups in total. The first-order chi connectivity index (χ1) is 7.33. The first-order valence-corrected chi connectivity index (χ1v) is 5.18. The van der Waals surface area contributed by atoms with E-state index in [-0.39, 0.29) is 0 Å². The molecule has 0 saturated carbocycles. The summed E-state index contributed by atoms with van der Waals surface area (Å²) in [6.45, 7) is 0. The first-order valence-electron chi connectivity index (χ1n) is 4.36. The molecule has 0 aliphatic carbocycles. The fourth-order valence-electron chi connectivity index (χ4n) is 1.36. The van der Waals surface area contributed by atoms with E-state index in [1.54, 1.807) is 12.3 Å². The monoisotopic (exact) mass is 218 g/mol. The highest BCUT2D eigenvalue weighted by atomic mass is 32.2. The maximum atomic E-state index is 11.1. The van der Waals surface area contributed by atoms with Crippen molar-refractivity contribution in [2.24, 2.45) is 0 Å². The lowest BCUT2D eigenvalue weighted by atomic mass is 10.4. The molecule has 4 nitrogen and oxygen atoms in total. The number of pyridine rings is 2. The van der Waals surface area contributed by atoms with Gasteiger partial charge in [0.1, 0.15) is 9.92 Å². The minimum atomic E-state index is 0.701. The maximum Gasteiger partial charge on any atom is 0.198 e. The van der Waals surface area contributed by atoms with E-state index >= 15 is 0 Å². The second kappa shape index (κ2) is 3.13. The van der Waals surface area contributed by atoms with E-state index < -0.39 is 0 Å². The minimum absolute atomic E-state index is 0.701. The average molecular weight is 218 g/mol. The second-order valence-corrected chi connectivity index (χ2v) is 4.07. The lowest BCUT2D eigenvalue weighted by Crippen LogP contribution is -2.24. The molecular weight excluding hydrogens is 212 g/mol. The Morgan fingerprint density at radius 3 is 3.20 bits per heavy atom. The van der Waals surface area contributed by atoms with Crippen LogP contribution in [0.2, 0.25) is 0 Å². The molecule has 3 heterocycles. The zero-order chi connectivity index (χ0) is 10.3. The number of aromatic nitrogens is 2. The van der Waals surface area contributed by atoms with Crippen molar-refractivity contribution < 1.29 is 9.47 Å². The Morgan fingerprint density at radius 2 is 2.27 bits per heavy atom. The zero-order valence-electron chi connectivity index (χ0n) is 7.58. The molecule has 0 atom stereocenters. The van der Waals surface area contributed by atoms with Crippen molar-refractivity contribution in [1.29, 1.82) is 0 Å². The van der Waals surface area contributed by atoms with Crippen LogP contribution >= 0.6 is 11.8 Å². The molecule has 0 saturated heterocycles. The van der Waals surface area contributed by atoms with E-state index in [9.17, 15) is 5.21 Å². The summed E-state index contributed by atoms with van der Waals surface area (Å²) in [5.41, 5.74) is 0. The number of rotatable bonds is 0. The van der Waals surface area contributed by atoms with Gasteiger partial charge in [-0.3, -0.25) is 0 Å². The summed E-state index contributed by atoms with van der Waals surface area (Å²) in [4.78, 5) is 4.96. The van der Waals surface area contributed by atoms with Crippen LogP contribution in [0.1, 0.15) is 0 Å². The Hall–Kier alpha value is -1.75. The third-order valence-corrected chi connectivity index (χ3v) is 3.05. The number of ether oxygens (including phenoxy) is 1. The quantitative estimate of drug-likeness (QED) is 0.427. The molecule has 0 aromatic carbocycles. The third-order valence-electron chi connectivity index (χ3n) is 2.02. The van der Waals surface area contributed by atoms with E-state index in [0.717, 1.165) is 20.4 Å². The lowest BCUT2D eigenvalue weighted by Gasteiger charge is -2.16. The van der Waals surface area contributed by atoms with Crippen molar-refractivity contribution in [2.75, 3.05) is 0 Å². The van der Waals surface area contributed by atoms with E-state index in [1.807, 2.05) is 12.1 Å². The molecular formula is C10H6N2O2S. The van der Waals surface area contributed by atoms with Crippen molar-refractivity contribution in [1.82, 2.24) is 4.98 Å². The first kappa shape index (κ1) is 8.55. The van der Waals surface area contributed by atoms with Crippen molar-refractivity contribution in [3.63, 3.8) is 0 Å². The molecule has 0 amide bonds. The Labute approximate surface area is 90.1 Å². The minimum Gasteiger partial charge on any atom is -0.619 e. The molecule has 0 fully saturated rings. The molecule has 15 heavy (non-hydrogen) atoms. The Morgan fingerprint density at radius 1 is 1.33 bits per heavy atom. The number of nitrogens with zero attached hydrogens (tertiary/aromatic N) is 2. The molecule has 2 aromatic rings. The van der Waals surface area contributed by atoms with Crippen LogP contribution in [0.25, 0.3) is 0 Å². The van der Waals surface area contributed by atoms with Crippen LogP contribution in [0.5, 0.6) is 11.5 Å². The normalized spacial score (nSPS) is 12.5. The summed E-state index contributed by atoms with van der Waals surface area (Å²) in [7, 11) is 0. The van der Waals surface area contributed by atoms with E-state index in [0.29, 0.717) is 5.75 Å². The molecule has 3 rings (SSSR count). The second-order valence-electron chi connectivity index (χ2n) is 3.04. The number of fused-ring (bicyclic) bond motifs is 2. The van der Waals surface area contributed by atoms with Crippen LogP contribution in [0.3, 0.4) is 0 Å². The lowest BCUT2D eigenvalue weighted by molar-refractivity contribution is -0.607. The van der Waals surface area contributed by atoms with Gasteiger partial charge in [0.05, 0.1) is 0 Å². The smallest absolute Gasteiger partial charge is 0.198 e. The van der Waals surface area contributed by atoms with Crippen molar-refractivity contribution in [3.05, 3.63) is 42.0 Å². The maximum absolute atomic E-state index is 11.1. The summed E-state index contributed by atoms with van der Waals surface area (Å²) in [6, 6.07) is 5.34. The van der Waals surface area contributed by atoms with Crippen LogP contribution in [0, 0.1) is 5.21 Å². The van der Waals surface area contributed by atoms with Gasteiger partial charge in [0.2, 0.25) is 0 Å². The van der Waals surface area contributed by atoms with Gasteiger partial charge in [0, 0.05) is 12.3 Å². The summed E-state index contributed by atoms with van der Waals surface area (Å²) in [5.74, 6) is 1.44. The molecule has 0 spiro atoms. The largest absolute Gasteiger partial charge is 0.619 e. The van der Waals surface area contributed by atoms with Crippen LogP contribution in [0.15, 0.2) is 46.7 Å². The van der Waals surface area contributed by atoms with Crippen molar-refractivity contribution >= 4 is 11.8 Å². The van der Waals surface area contributed by atoms with Gasteiger partial charge in [-0.2, -0.15) is 4.73 Å². The van der Waals surface area contributed by atoms with Crippen molar-refractivity contribution in [2.45, 2.75) is 9.92 Å². The predicted octanol–water partition coefficient (Wildman–Crippen LogP) is 1.97. The third kappa shape index (κ3) is 1.41. The summed E-state index contributed by atoms with van der Waals surface area (Å²) in [6.07, 6.45) is 4.60. The highest BCUT2D eigenvalue weighted by molar-refractivity contribution is 7.99. The summed E-state index contributed by atoms with van der Waals surface area (Å²) < 4.78 is 6.35. The number of hydrogen-bond donors (Lipinski definition) is 0. The van der Waals surface area contributed by atoms with Crippen LogP contribution in [0.4, 0.5) is 0 Å². The van der Waals surface area contributed by atoms with Gasteiger partial charge in [-0.15, -0.1) is 0 Å². The predicted molar refractivity (Wildman–Crippen MR) is 53.8 cm³/mol. The molecule has 1 aliphatic rings. The molecule has 74 valence electrons. The van der Waals surface area contributed by atoms with E-state index in [2.05, 4.69) is 4.98 Å².